The number of likely N-dealkylation sites (N-methyl/N-ethyl adjacent to an activating group) is 1. The van der Waals surface area contributed by atoms with E-state index in [2.05, 4.69) is 18.9 Å². The Morgan fingerprint density at radius 2 is 2.36 bits per heavy atom. The van der Waals surface area contributed by atoms with Crippen molar-refractivity contribution in [3.8, 4) is 0 Å². The van der Waals surface area contributed by atoms with Gasteiger partial charge in [-0.3, -0.25) is 0 Å². The fourth-order valence-electron chi connectivity index (χ4n) is 1.42. The molecule has 1 rings (SSSR count). The van der Waals surface area contributed by atoms with Gasteiger partial charge in [0.15, 0.2) is 0 Å². The molecule has 0 amide bonds. The molecule has 0 radical (unpaired) electrons. The third kappa shape index (κ3) is 3.21. The highest BCUT2D eigenvalue weighted by atomic mass is 16.5. The van der Waals surface area contributed by atoms with Crippen molar-refractivity contribution in [3.63, 3.8) is 0 Å². The van der Waals surface area contributed by atoms with Crippen molar-refractivity contribution in [2.24, 2.45) is 0 Å². The Balaban J connectivity index is 1.99. The monoisotopic (exact) mass is 157 g/mol. The molecule has 1 heterocycles. The highest BCUT2D eigenvalue weighted by molar-refractivity contribution is 4.72. The van der Waals surface area contributed by atoms with Crippen LogP contribution in [-0.4, -0.2) is 37.7 Å². The summed E-state index contributed by atoms with van der Waals surface area (Å²) in [7, 11) is 2.16. The zero-order valence-corrected chi connectivity index (χ0v) is 7.68. The molecular weight excluding hydrogens is 138 g/mol. The van der Waals surface area contributed by atoms with E-state index in [0.29, 0.717) is 6.10 Å². The molecule has 0 aromatic rings. The van der Waals surface area contributed by atoms with Crippen LogP contribution in [0.25, 0.3) is 0 Å². The van der Waals surface area contributed by atoms with Gasteiger partial charge in [-0.2, -0.15) is 0 Å². The van der Waals surface area contributed by atoms with Crippen LogP contribution in [0.2, 0.25) is 0 Å². The minimum atomic E-state index is 0.520. The SMILES string of the molecule is CCCCO[C@H]1CCN(C)C1. The first-order valence-corrected chi connectivity index (χ1v) is 4.63. The summed E-state index contributed by atoms with van der Waals surface area (Å²) in [4.78, 5) is 2.33. The lowest BCUT2D eigenvalue weighted by Crippen LogP contribution is -2.19. The Bertz CT molecular complexity index is 106. The van der Waals surface area contributed by atoms with Gasteiger partial charge in [0, 0.05) is 19.7 Å². The first-order valence-electron chi connectivity index (χ1n) is 4.63. The van der Waals surface area contributed by atoms with Crippen molar-refractivity contribution in [2.45, 2.75) is 32.3 Å². The zero-order valence-electron chi connectivity index (χ0n) is 7.68. The van der Waals surface area contributed by atoms with Crippen LogP contribution >= 0.6 is 0 Å². The van der Waals surface area contributed by atoms with Gasteiger partial charge in [-0.05, 0) is 19.9 Å². The summed E-state index contributed by atoms with van der Waals surface area (Å²) in [5.74, 6) is 0. The lowest BCUT2D eigenvalue weighted by Gasteiger charge is -2.10. The summed E-state index contributed by atoms with van der Waals surface area (Å²) in [5.41, 5.74) is 0. The lowest BCUT2D eigenvalue weighted by atomic mass is 10.3. The van der Waals surface area contributed by atoms with E-state index in [1.54, 1.807) is 0 Å². The molecule has 0 N–H and O–H groups in total. The Hall–Kier alpha value is -0.0800. The fourth-order valence-corrected chi connectivity index (χ4v) is 1.42. The molecule has 0 aromatic carbocycles. The van der Waals surface area contributed by atoms with Gasteiger partial charge < -0.3 is 9.64 Å². The molecule has 0 aromatic heterocycles. The van der Waals surface area contributed by atoms with E-state index >= 15 is 0 Å². The standard InChI is InChI=1S/C9H19NO/c1-3-4-7-11-9-5-6-10(2)8-9/h9H,3-8H2,1-2H3/t9-/m0/s1. The summed E-state index contributed by atoms with van der Waals surface area (Å²) in [6, 6.07) is 0. The highest BCUT2D eigenvalue weighted by Crippen LogP contribution is 2.10. The topological polar surface area (TPSA) is 12.5 Å². The zero-order chi connectivity index (χ0) is 8.10. The Labute approximate surface area is 69.5 Å². The smallest absolute Gasteiger partial charge is 0.0714 e. The van der Waals surface area contributed by atoms with Gasteiger partial charge in [0.2, 0.25) is 0 Å². The molecular formula is C9H19NO. The first kappa shape index (κ1) is 9.01. The number of rotatable bonds is 4. The van der Waals surface area contributed by atoms with Crippen LogP contribution in [0, 0.1) is 0 Å². The number of hydrogen-bond donors (Lipinski definition) is 0. The quantitative estimate of drug-likeness (QED) is 0.573. The molecule has 0 bridgehead atoms. The van der Waals surface area contributed by atoms with Crippen LogP contribution in [0.5, 0.6) is 0 Å². The van der Waals surface area contributed by atoms with Crippen molar-refractivity contribution in [1.29, 1.82) is 0 Å². The largest absolute Gasteiger partial charge is 0.377 e. The van der Waals surface area contributed by atoms with E-state index < -0.39 is 0 Å². The van der Waals surface area contributed by atoms with Gasteiger partial charge in [-0.1, -0.05) is 13.3 Å². The van der Waals surface area contributed by atoms with Crippen LogP contribution in [0.4, 0.5) is 0 Å². The van der Waals surface area contributed by atoms with E-state index in [9.17, 15) is 0 Å². The number of ether oxygens (including phenoxy) is 1. The third-order valence-corrected chi connectivity index (χ3v) is 2.20. The van der Waals surface area contributed by atoms with Crippen LogP contribution in [-0.2, 0) is 4.74 Å². The van der Waals surface area contributed by atoms with Gasteiger partial charge in [0.25, 0.3) is 0 Å². The minimum absolute atomic E-state index is 0.520. The molecule has 0 saturated carbocycles. The molecule has 0 aliphatic carbocycles. The lowest BCUT2D eigenvalue weighted by molar-refractivity contribution is 0.0590. The van der Waals surface area contributed by atoms with Crippen molar-refractivity contribution in [1.82, 2.24) is 4.90 Å². The summed E-state index contributed by atoms with van der Waals surface area (Å²) in [6.07, 6.45) is 4.19. The summed E-state index contributed by atoms with van der Waals surface area (Å²) < 4.78 is 5.67. The second-order valence-electron chi connectivity index (χ2n) is 3.40. The maximum Gasteiger partial charge on any atom is 0.0714 e. The maximum atomic E-state index is 5.67. The maximum absolute atomic E-state index is 5.67. The molecule has 66 valence electrons. The number of nitrogens with zero attached hydrogens (tertiary/aromatic N) is 1. The van der Waals surface area contributed by atoms with E-state index in [1.807, 2.05) is 0 Å². The molecule has 0 spiro atoms. The molecule has 1 aliphatic rings. The molecule has 1 aliphatic heterocycles. The third-order valence-electron chi connectivity index (χ3n) is 2.20. The number of likely N-dealkylation sites (tertiary alicyclic amines) is 1. The molecule has 1 fully saturated rings. The van der Waals surface area contributed by atoms with Gasteiger partial charge in [0.1, 0.15) is 0 Å². The molecule has 1 saturated heterocycles. The molecule has 2 heteroatoms. The van der Waals surface area contributed by atoms with Crippen molar-refractivity contribution >= 4 is 0 Å². The van der Waals surface area contributed by atoms with E-state index in [4.69, 9.17) is 4.74 Å². The summed E-state index contributed by atoms with van der Waals surface area (Å²) in [6.45, 7) is 5.49. The fraction of sp³-hybridized carbons (Fsp3) is 1.00. The van der Waals surface area contributed by atoms with E-state index in [-0.39, 0.29) is 0 Å². The molecule has 11 heavy (non-hydrogen) atoms. The van der Waals surface area contributed by atoms with Crippen LogP contribution in [0.15, 0.2) is 0 Å². The number of hydrogen-bond acceptors (Lipinski definition) is 2. The molecule has 0 unspecified atom stereocenters. The average Bonchev–Trinajstić information content (AvgIpc) is 2.37. The Morgan fingerprint density at radius 3 is 2.91 bits per heavy atom. The van der Waals surface area contributed by atoms with Crippen LogP contribution < -0.4 is 0 Å². The van der Waals surface area contributed by atoms with Crippen LogP contribution in [0.3, 0.4) is 0 Å². The van der Waals surface area contributed by atoms with Crippen molar-refractivity contribution < 1.29 is 4.74 Å². The van der Waals surface area contributed by atoms with Crippen molar-refractivity contribution in [2.75, 3.05) is 26.7 Å². The van der Waals surface area contributed by atoms with Gasteiger partial charge in [-0.25, -0.2) is 0 Å². The predicted octanol–water partition coefficient (Wildman–Crippen LogP) is 1.51. The minimum Gasteiger partial charge on any atom is -0.377 e. The first-order chi connectivity index (χ1) is 5.33. The Kier molecular flexibility index (Phi) is 3.87. The summed E-state index contributed by atoms with van der Waals surface area (Å²) in [5, 5.41) is 0. The highest BCUT2D eigenvalue weighted by Gasteiger charge is 2.18. The Morgan fingerprint density at radius 1 is 1.55 bits per heavy atom. The predicted molar refractivity (Wildman–Crippen MR) is 46.8 cm³/mol. The van der Waals surface area contributed by atoms with Gasteiger partial charge >= 0.3 is 0 Å². The second-order valence-corrected chi connectivity index (χ2v) is 3.40. The number of unbranched alkanes of at least 4 members (excludes halogenated alkanes) is 1. The van der Waals surface area contributed by atoms with Crippen molar-refractivity contribution in [3.05, 3.63) is 0 Å². The molecule has 1 atom stereocenters. The van der Waals surface area contributed by atoms with Gasteiger partial charge in [0.05, 0.1) is 6.10 Å². The summed E-state index contributed by atoms with van der Waals surface area (Å²) >= 11 is 0. The van der Waals surface area contributed by atoms with Gasteiger partial charge in [-0.15, -0.1) is 0 Å². The molecule has 2 nitrogen and oxygen atoms in total. The second kappa shape index (κ2) is 4.73. The average molecular weight is 157 g/mol. The normalized spacial score (nSPS) is 26.2. The van der Waals surface area contributed by atoms with E-state index in [0.717, 1.165) is 13.2 Å². The van der Waals surface area contributed by atoms with Crippen LogP contribution in [0.1, 0.15) is 26.2 Å². The van der Waals surface area contributed by atoms with E-state index in [1.165, 1.54) is 25.8 Å².